The molecule has 0 radical (unpaired) electrons. The van der Waals surface area contributed by atoms with Crippen molar-refractivity contribution in [2.24, 2.45) is 0 Å². The number of para-hydroxylation sites is 1. The summed E-state index contributed by atoms with van der Waals surface area (Å²) >= 11 is 8.73. The summed E-state index contributed by atoms with van der Waals surface area (Å²) in [6, 6.07) is 12.2. The average Bonchev–Trinajstić information content (AvgIpc) is 2.82. The van der Waals surface area contributed by atoms with Gasteiger partial charge in [0.2, 0.25) is 0 Å². The summed E-state index contributed by atoms with van der Waals surface area (Å²) in [5.41, 5.74) is 2.10. The van der Waals surface area contributed by atoms with Crippen molar-refractivity contribution in [1.29, 1.82) is 0 Å². The highest BCUT2D eigenvalue weighted by Crippen LogP contribution is 2.39. The Morgan fingerprint density at radius 1 is 1.11 bits per heavy atom. The molecule has 0 aliphatic carbocycles. The van der Waals surface area contributed by atoms with Crippen LogP contribution in [0.4, 0.5) is 0 Å². The highest BCUT2D eigenvalue weighted by molar-refractivity contribution is 9.11. The molecule has 0 saturated heterocycles. The summed E-state index contributed by atoms with van der Waals surface area (Å²) < 4.78 is 8.34. The minimum Gasteiger partial charge on any atom is -0.494 e. The highest BCUT2D eigenvalue weighted by Gasteiger charge is 2.12. The van der Waals surface area contributed by atoms with Crippen LogP contribution in [-0.2, 0) is 0 Å². The Balaban J connectivity index is 2.16. The van der Waals surface area contributed by atoms with Crippen molar-refractivity contribution >= 4 is 53.4 Å². The normalized spacial score (nSPS) is 10.9. The number of hydrogen-bond acceptors (Lipinski definition) is 3. The molecule has 19 heavy (non-hydrogen) atoms. The van der Waals surface area contributed by atoms with Gasteiger partial charge in [0.15, 0.2) is 0 Å². The number of hydrogen-bond donors (Lipinski definition) is 0. The molecule has 0 aliphatic rings. The van der Waals surface area contributed by atoms with E-state index in [4.69, 9.17) is 4.74 Å². The van der Waals surface area contributed by atoms with Crippen LogP contribution in [0.3, 0.4) is 0 Å². The zero-order valence-corrected chi connectivity index (χ0v) is 14.0. The van der Waals surface area contributed by atoms with E-state index < -0.39 is 0 Å². The van der Waals surface area contributed by atoms with Crippen LogP contribution in [0.5, 0.6) is 5.75 Å². The Labute approximate surface area is 131 Å². The van der Waals surface area contributed by atoms with E-state index >= 15 is 0 Å². The Kier molecular flexibility index (Phi) is 3.60. The molecule has 0 atom stereocenters. The zero-order chi connectivity index (χ0) is 13.4. The first-order chi connectivity index (χ1) is 9.19. The molecule has 0 aliphatic heterocycles. The van der Waals surface area contributed by atoms with Gasteiger partial charge in [0.05, 0.1) is 26.3 Å². The summed E-state index contributed by atoms with van der Waals surface area (Å²) in [5, 5.41) is 1.00. The minimum absolute atomic E-state index is 0.796. The second-order valence-corrected chi connectivity index (χ2v) is 6.70. The van der Waals surface area contributed by atoms with Gasteiger partial charge in [-0.1, -0.05) is 12.1 Å². The molecule has 2 aromatic carbocycles. The van der Waals surface area contributed by atoms with Gasteiger partial charge in [0.25, 0.3) is 0 Å². The van der Waals surface area contributed by atoms with Crippen molar-refractivity contribution in [2.75, 3.05) is 7.11 Å². The smallest absolute Gasteiger partial charge is 0.147 e. The van der Waals surface area contributed by atoms with E-state index in [1.54, 1.807) is 18.4 Å². The minimum atomic E-state index is 0.796. The number of fused-ring (bicyclic) bond motifs is 1. The van der Waals surface area contributed by atoms with Crippen LogP contribution in [0, 0.1) is 0 Å². The molecule has 0 bridgehead atoms. The van der Waals surface area contributed by atoms with E-state index in [1.807, 2.05) is 30.3 Å². The molecule has 0 fully saturated rings. The predicted molar refractivity (Wildman–Crippen MR) is 87.0 cm³/mol. The topological polar surface area (TPSA) is 22.1 Å². The third-order valence-corrected chi connectivity index (χ3v) is 5.01. The third-order valence-electron chi connectivity index (χ3n) is 2.74. The number of halogens is 2. The van der Waals surface area contributed by atoms with Gasteiger partial charge in [-0.05, 0) is 56.1 Å². The first-order valence-corrected chi connectivity index (χ1v) is 7.98. The second kappa shape index (κ2) is 5.23. The maximum Gasteiger partial charge on any atom is 0.147 e. The lowest BCUT2D eigenvalue weighted by Gasteiger charge is -2.07. The van der Waals surface area contributed by atoms with Crippen LogP contribution in [-0.4, -0.2) is 12.1 Å². The SMILES string of the molecule is COc1c(Br)cc(-c2nc3ccccc3s2)cc1Br. The van der Waals surface area contributed by atoms with E-state index in [9.17, 15) is 0 Å². The molecular formula is C14H9Br2NOS. The molecule has 3 rings (SSSR count). The highest BCUT2D eigenvalue weighted by atomic mass is 79.9. The zero-order valence-electron chi connectivity index (χ0n) is 9.98. The van der Waals surface area contributed by atoms with Gasteiger partial charge in [-0.15, -0.1) is 11.3 Å². The van der Waals surface area contributed by atoms with Crippen molar-refractivity contribution in [3.05, 3.63) is 45.3 Å². The van der Waals surface area contributed by atoms with Crippen molar-refractivity contribution in [3.8, 4) is 16.3 Å². The fraction of sp³-hybridized carbons (Fsp3) is 0.0714. The van der Waals surface area contributed by atoms with E-state index in [-0.39, 0.29) is 0 Å². The maximum atomic E-state index is 5.31. The standard InChI is InChI=1S/C14H9Br2NOS/c1-18-13-9(15)6-8(7-10(13)16)14-17-11-4-2-3-5-12(11)19-14/h2-7H,1H3. The Bertz CT molecular complexity index is 698. The molecule has 0 saturated carbocycles. The molecule has 0 amide bonds. The van der Waals surface area contributed by atoms with E-state index in [0.29, 0.717) is 0 Å². The number of aromatic nitrogens is 1. The molecule has 96 valence electrons. The number of ether oxygens (including phenoxy) is 1. The number of nitrogens with zero attached hydrogens (tertiary/aromatic N) is 1. The summed E-state index contributed by atoms with van der Waals surface area (Å²) in [4.78, 5) is 4.66. The number of thiazole rings is 1. The van der Waals surface area contributed by atoms with Gasteiger partial charge in [0, 0.05) is 5.56 Å². The quantitative estimate of drug-likeness (QED) is 0.568. The molecule has 3 aromatic rings. The van der Waals surface area contributed by atoms with Gasteiger partial charge in [-0.3, -0.25) is 0 Å². The summed E-state index contributed by atoms with van der Waals surface area (Å²) in [7, 11) is 1.65. The first-order valence-electron chi connectivity index (χ1n) is 5.58. The average molecular weight is 399 g/mol. The number of benzene rings is 2. The molecule has 1 aromatic heterocycles. The predicted octanol–water partition coefficient (Wildman–Crippen LogP) is 5.50. The van der Waals surface area contributed by atoms with Crippen molar-refractivity contribution < 1.29 is 4.74 Å². The van der Waals surface area contributed by atoms with Crippen molar-refractivity contribution in [2.45, 2.75) is 0 Å². The van der Waals surface area contributed by atoms with Gasteiger partial charge in [-0.25, -0.2) is 4.98 Å². The summed E-state index contributed by atoms with van der Waals surface area (Å²) in [5.74, 6) is 0.796. The summed E-state index contributed by atoms with van der Waals surface area (Å²) in [6.07, 6.45) is 0. The summed E-state index contributed by atoms with van der Waals surface area (Å²) in [6.45, 7) is 0. The van der Waals surface area contributed by atoms with Crippen molar-refractivity contribution in [1.82, 2.24) is 4.98 Å². The number of rotatable bonds is 2. The van der Waals surface area contributed by atoms with Gasteiger partial charge in [-0.2, -0.15) is 0 Å². The van der Waals surface area contributed by atoms with E-state index in [1.165, 1.54) is 4.70 Å². The fourth-order valence-corrected chi connectivity index (χ4v) is 4.34. The number of methoxy groups -OCH3 is 1. The molecule has 0 N–H and O–H groups in total. The molecule has 0 spiro atoms. The molecule has 5 heteroatoms. The van der Waals surface area contributed by atoms with Crippen LogP contribution in [0.1, 0.15) is 0 Å². The van der Waals surface area contributed by atoms with E-state index in [2.05, 4.69) is 42.9 Å². The first kappa shape index (κ1) is 13.1. The van der Waals surface area contributed by atoms with Crippen LogP contribution >= 0.6 is 43.2 Å². The largest absolute Gasteiger partial charge is 0.494 e. The van der Waals surface area contributed by atoms with Gasteiger partial charge >= 0.3 is 0 Å². The molecule has 0 unspecified atom stereocenters. The lowest BCUT2D eigenvalue weighted by Crippen LogP contribution is -1.87. The van der Waals surface area contributed by atoms with E-state index in [0.717, 1.165) is 30.8 Å². The van der Waals surface area contributed by atoms with Gasteiger partial charge in [0.1, 0.15) is 10.8 Å². The third kappa shape index (κ3) is 2.42. The van der Waals surface area contributed by atoms with Crippen LogP contribution in [0.15, 0.2) is 45.3 Å². The van der Waals surface area contributed by atoms with Gasteiger partial charge < -0.3 is 4.74 Å². The lowest BCUT2D eigenvalue weighted by atomic mass is 10.2. The van der Waals surface area contributed by atoms with Crippen LogP contribution in [0.2, 0.25) is 0 Å². The second-order valence-electron chi connectivity index (χ2n) is 3.96. The maximum absolute atomic E-state index is 5.31. The Morgan fingerprint density at radius 2 is 1.79 bits per heavy atom. The van der Waals surface area contributed by atoms with Crippen LogP contribution < -0.4 is 4.74 Å². The van der Waals surface area contributed by atoms with Crippen LogP contribution in [0.25, 0.3) is 20.8 Å². The monoisotopic (exact) mass is 397 g/mol. The molecule has 2 nitrogen and oxygen atoms in total. The molecule has 1 heterocycles. The lowest BCUT2D eigenvalue weighted by molar-refractivity contribution is 0.409. The van der Waals surface area contributed by atoms with Crippen molar-refractivity contribution in [3.63, 3.8) is 0 Å². The Morgan fingerprint density at radius 3 is 2.42 bits per heavy atom. The fourth-order valence-electron chi connectivity index (χ4n) is 1.87. The molecular weight excluding hydrogens is 390 g/mol. The Hall–Kier alpha value is -0.910.